The summed E-state index contributed by atoms with van der Waals surface area (Å²) in [5.41, 5.74) is 0.515. The number of hydrogen-bond acceptors (Lipinski definition) is 4. The van der Waals surface area contributed by atoms with Crippen LogP contribution in [0.4, 0.5) is 4.39 Å². The van der Waals surface area contributed by atoms with Crippen molar-refractivity contribution in [2.45, 2.75) is 24.4 Å². The average Bonchev–Trinajstić information content (AvgIpc) is 2.31. The van der Waals surface area contributed by atoms with Crippen LogP contribution >= 0.6 is 0 Å². The lowest BCUT2D eigenvalue weighted by Crippen LogP contribution is -2.36. The second-order valence-corrected chi connectivity index (χ2v) is 5.94. The molecule has 0 aliphatic heterocycles. The summed E-state index contributed by atoms with van der Waals surface area (Å²) in [6, 6.07) is 3.33. The average molecular weight is 290 g/mol. The standard InChI is InChI=1S/C12H19FN2O3S/c1-9(8-18-3)15-19(16,17)12-6-11(13)5-4-10(12)7-14-2/h4-6,9,14-15H,7-8H2,1-3H3. The van der Waals surface area contributed by atoms with Crippen molar-refractivity contribution in [2.75, 3.05) is 20.8 Å². The van der Waals surface area contributed by atoms with E-state index in [0.29, 0.717) is 12.1 Å². The van der Waals surface area contributed by atoms with Crippen LogP contribution in [0.2, 0.25) is 0 Å². The smallest absolute Gasteiger partial charge is 0.241 e. The van der Waals surface area contributed by atoms with Crippen molar-refractivity contribution < 1.29 is 17.5 Å². The predicted molar refractivity (Wildman–Crippen MR) is 70.8 cm³/mol. The molecule has 7 heteroatoms. The molecular formula is C12H19FN2O3S. The fourth-order valence-corrected chi connectivity index (χ4v) is 3.21. The van der Waals surface area contributed by atoms with Crippen LogP contribution in [0.15, 0.2) is 23.1 Å². The third kappa shape index (κ3) is 4.54. The van der Waals surface area contributed by atoms with Crippen LogP contribution in [0.3, 0.4) is 0 Å². The van der Waals surface area contributed by atoms with Crippen LogP contribution in [0.1, 0.15) is 12.5 Å². The van der Waals surface area contributed by atoms with Gasteiger partial charge in [0.1, 0.15) is 5.82 Å². The monoisotopic (exact) mass is 290 g/mol. The Labute approximate surface area is 113 Å². The minimum Gasteiger partial charge on any atom is -0.383 e. The molecule has 5 nitrogen and oxygen atoms in total. The highest BCUT2D eigenvalue weighted by Gasteiger charge is 2.21. The molecule has 0 aliphatic carbocycles. The summed E-state index contributed by atoms with van der Waals surface area (Å²) < 4.78 is 45.0. The molecule has 0 radical (unpaired) electrons. The molecule has 1 aromatic rings. The maximum Gasteiger partial charge on any atom is 0.241 e. The summed E-state index contributed by atoms with van der Waals surface area (Å²) in [7, 11) is -0.586. The Morgan fingerprint density at radius 2 is 2.11 bits per heavy atom. The molecule has 0 bridgehead atoms. The summed E-state index contributed by atoms with van der Waals surface area (Å²) >= 11 is 0. The zero-order chi connectivity index (χ0) is 14.5. The van der Waals surface area contributed by atoms with Crippen LogP contribution < -0.4 is 10.0 Å². The van der Waals surface area contributed by atoms with Crippen LogP contribution in [0.5, 0.6) is 0 Å². The summed E-state index contributed by atoms with van der Waals surface area (Å²) in [6.07, 6.45) is 0. The molecule has 0 amide bonds. The largest absolute Gasteiger partial charge is 0.383 e. The van der Waals surface area contributed by atoms with E-state index in [1.807, 2.05) is 0 Å². The maximum absolute atomic E-state index is 13.3. The molecule has 0 spiro atoms. The van der Waals surface area contributed by atoms with E-state index in [4.69, 9.17) is 4.74 Å². The van der Waals surface area contributed by atoms with Crippen molar-refractivity contribution in [1.82, 2.24) is 10.0 Å². The molecule has 0 fully saturated rings. The fourth-order valence-electron chi connectivity index (χ4n) is 1.73. The number of hydrogen-bond donors (Lipinski definition) is 2. The zero-order valence-electron chi connectivity index (χ0n) is 11.2. The van der Waals surface area contributed by atoms with Crippen LogP contribution in [-0.2, 0) is 21.3 Å². The Bertz CT molecular complexity index is 520. The third-order valence-corrected chi connectivity index (χ3v) is 4.13. The topological polar surface area (TPSA) is 67.4 Å². The van der Waals surface area contributed by atoms with Gasteiger partial charge in [0.2, 0.25) is 10.0 Å². The van der Waals surface area contributed by atoms with Crippen molar-refractivity contribution in [3.05, 3.63) is 29.6 Å². The van der Waals surface area contributed by atoms with Gasteiger partial charge >= 0.3 is 0 Å². The summed E-state index contributed by atoms with van der Waals surface area (Å²) in [5.74, 6) is -0.584. The predicted octanol–water partition coefficient (Wildman–Crippen LogP) is 0.858. The van der Waals surface area contributed by atoms with E-state index in [9.17, 15) is 12.8 Å². The molecule has 0 saturated carbocycles. The van der Waals surface area contributed by atoms with Gasteiger partial charge in [-0.3, -0.25) is 0 Å². The van der Waals surface area contributed by atoms with Gasteiger partial charge in [-0.25, -0.2) is 17.5 Å². The molecule has 108 valence electrons. The number of sulfonamides is 1. The first-order valence-electron chi connectivity index (χ1n) is 5.85. The van der Waals surface area contributed by atoms with Gasteiger partial charge in [0.25, 0.3) is 0 Å². The first-order chi connectivity index (χ1) is 8.90. The van der Waals surface area contributed by atoms with E-state index < -0.39 is 15.8 Å². The number of benzene rings is 1. The van der Waals surface area contributed by atoms with Crippen molar-refractivity contribution in [1.29, 1.82) is 0 Å². The number of nitrogens with one attached hydrogen (secondary N) is 2. The second kappa shape index (κ2) is 6.95. The SMILES string of the molecule is CNCc1ccc(F)cc1S(=O)(=O)NC(C)COC. The van der Waals surface area contributed by atoms with Gasteiger partial charge in [-0.15, -0.1) is 0 Å². The Balaban J connectivity index is 3.08. The van der Waals surface area contributed by atoms with E-state index in [2.05, 4.69) is 10.0 Å². The van der Waals surface area contributed by atoms with E-state index in [-0.39, 0.29) is 17.5 Å². The highest BCUT2D eigenvalue weighted by atomic mass is 32.2. The van der Waals surface area contributed by atoms with E-state index in [0.717, 1.165) is 6.07 Å². The van der Waals surface area contributed by atoms with E-state index in [1.165, 1.54) is 19.2 Å². The lowest BCUT2D eigenvalue weighted by atomic mass is 10.2. The zero-order valence-corrected chi connectivity index (χ0v) is 12.1. The molecule has 1 atom stereocenters. The molecule has 2 N–H and O–H groups in total. The number of ether oxygens (including phenoxy) is 1. The molecular weight excluding hydrogens is 271 g/mol. The van der Waals surface area contributed by atoms with Crippen molar-refractivity contribution in [3.8, 4) is 0 Å². The molecule has 1 aromatic carbocycles. The molecule has 0 saturated heterocycles. The highest BCUT2D eigenvalue weighted by Crippen LogP contribution is 2.17. The quantitative estimate of drug-likeness (QED) is 0.781. The van der Waals surface area contributed by atoms with E-state index in [1.54, 1.807) is 14.0 Å². The van der Waals surface area contributed by atoms with Gasteiger partial charge < -0.3 is 10.1 Å². The van der Waals surface area contributed by atoms with E-state index >= 15 is 0 Å². The summed E-state index contributed by atoms with van der Waals surface area (Å²) in [4.78, 5) is -0.0511. The molecule has 19 heavy (non-hydrogen) atoms. The molecule has 0 aliphatic rings. The first-order valence-corrected chi connectivity index (χ1v) is 7.33. The minimum atomic E-state index is -3.77. The lowest BCUT2D eigenvalue weighted by molar-refractivity contribution is 0.180. The Hall–Kier alpha value is -1.02. The van der Waals surface area contributed by atoms with Crippen LogP contribution in [-0.4, -0.2) is 35.2 Å². The molecule has 1 rings (SSSR count). The summed E-state index contributed by atoms with van der Waals surface area (Å²) in [6.45, 7) is 2.27. The first kappa shape index (κ1) is 16.0. The van der Waals surface area contributed by atoms with Gasteiger partial charge in [-0.2, -0.15) is 0 Å². The summed E-state index contributed by atoms with van der Waals surface area (Å²) in [5, 5.41) is 2.86. The molecule has 0 aromatic heterocycles. The van der Waals surface area contributed by atoms with Crippen LogP contribution in [0, 0.1) is 5.82 Å². The van der Waals surface area contributed by atoms with Gasteiger partial charge in [0, 0.05) is 19.7 Å². The Morgan fingerprint density at radius 3 is 2.68 bits per heavy atom. The van der Waals surface area contributed by atoms with Gasteiger partial charge in [0.15, 0.2) is 0 Å². The number of methoxy groups -OCH3 is 1. The van der Waals surface area contributed by atoms with Crippen LogP contribution in [0.25, 0.3) is 0 Å². The van der Waals surface area contributed by atoms with Crippen molar-refractivity contribution in [2.24, 2.45) is 0 Å². The van der Waals surface area contributed by atoms with Gasteiger partial charge in [0.05, 0.1) is 11.5 Å². The Kier molecular flexibility index (Phi) is 5.86. The molecule has 1 unspecified atom stereocenters. The normalized spacial score (nSPS) is 13.5. The Morgan fingerprint density at radius 1 is 1.42 bits per heavy atom. The van der Waals surface area contributed by atoms with Gasteiger partial charge in [-0.05, 0) is 31.7 Å². The number of halogens is 1. The highest BCUT2D eigenvalue weighted by molar-refractivity contribution is 7.89. The van der Waals surface area contributed by atoms with Crippen molar-refractivity contribution >= 4 is 10.0 Å². The molecule has 0 heterocycles. The second-order valence-electron chi connectivity index (χ2n) is 4.26. The van der Waals surface area contributed by atoms with Crippen molar-refractivity contribution in [3.63, 3.8) is 0 Å². The fraction of sp³-hybridized carbons (Fsp3) is 0.500. The maximum atomic E-state index is 13.3. The minimum absolute atomic E-state index is 0.0511. The number of rotatable bonds is 7. The van der Waals surface area contributed by atoms with Gasteiger partial charge in [-0.1, -0.05) is 6.07 Å². The third-order valence-electron chi connectivity index (χ3n) is 2.46. The lowest BCUT2D eigenvalue weighted by Gasteiger charge is -2.15.